The van der Waals surface area contributed by atoms with Crippen molar-refractivity contribution in [1.29, 1.82) is 0 Å². The van der Waals surface area contributed by atoms with Gasteiger partial charge >= 0.3 is 0 Å². The molecule has 0 N–H and O–H groups in total. The van der Waals surface area contributed by atoms with Crippen molar-refractivity contribution in [1.82, 2.24) is 0 Å². The molecule has 0 saturated heterocycles. The van der Waals surface area contributed by atoms with Crippen LogP contribution < -0.4 is 0 Å². The predicted molar refractivity (Wildman–Crippen MR) is 72.6 cm³/mol. The first-order chi connectivity index (χ1) is 7.17. The highest BCUT2D eigenvalue weighted by Gasteiger charge is 1.98. The molecule has 0 saturated carbocycles. The third-order valence-corrected chi connectivity index (χ3v) is 2.48. The van der Waals surface area contributed by atoms with Gasteiger partial charge in [0.15, 0.2) is 0 Å². The summed E-state index contributed by atoms with van der Waals surface area (Å²) in [6.45, 7) is 6.33. The molecule has 1 aromatic carbocycles. The number of thiol groups is 1. The molecule has 15 heavy (non-hydrogen) atoms. The van der Waals surface area contributed by atoms with Gasteiger partial charge in [-0.25, -0.2) is 0 Å². The van der Waals surface area contributed by atoms with Crippen LogP contribution in [0.2, 0.25) is 0 Å². The first kappa shape index (κ1) is 12.1. The zero-order valence-electron chi connectivity index (χ0n) is 9.62. The van der Waals surface area contributed by atoms with Gasteiger partial charge in [0.25, 0.3) is 0 Å². The van der Waals surface area contributed by atoms with Gasteiger partial charge in [0.05, 0.1) is 0 Å². The van der Waals surface area contributed by atoms with Crippen LogP contribution in [0, 0.1) is 13.8 Å². The number of rotatable bonds is 3. The molecule has 1 aromatic rings. The molecule has 0 spiro atoms. The van der Waals surface area contributed by atoms with Gasteiger partial charge in [-0.2, -0.15) is 12.6 Å². The third-order valence-electron chi connectivity index (χ3n) is 2.27. The molecule has 0 radical (unpaired) electrons. The quantitative estimate of drug-likeness (QED) is 0.570. The molecule has 0 unspecified atom stereocenters. The SMILES string of the molecule is C/C=C(\C=C/CS)c1cc(C)cc(C)c1. The summed E-state index contributed by atoms with van der Waals surface area (Å²) in [5.74, 6) is 0.780. The molecular formula is C14H18S. The fraction of sp³-hybridized carbons (Fsp3) is 0.286. The third kappa shape index (κ3) is 3.60. The summed E-state index contributed by atoms with van der Waals surface area (Å²) in [6, 6.07) is 6.62. The van der Waals surface area contributed by atoms with Crippen LogP contribution in [0.4, 0.5) is 0 Å². The van der Waals surface area contributed by atoms with Crippen LogP contribution in [-0.4, -0.2) is 5.75 Å². The Hall–Kier alpha value is -0.950. The van der Waals surface area contributed by atoms with Crippen molar-refractivity contribution in [2.45, 2.75) is 20.8 Å². The second-order valence-electron chi connectivity index (χ2n) is 3.71. The second kappa shape index (κ2) is 5.82. The van der Waals surface area contributed by atoms with Crippen molar-refractivity contribution in [3.05, 3.63) is 53.1 Å². The predicted octanol–water partition coefficient (Wildman–Crippen LogP) is 4.19. The van der Waals surface area contributed by atoms with Gasteiger partial charge < -0.3 is 0 Å². The molecule has 0 fully saturated rings. The lowest BCUT2D eigenvalue weighted by atomic mass is 10.0. The smallest absolute Gasteiger partial charge is 0.00858 e. The minimum Gasteiger partial charge on any atom is -0.175 e. The Kier molecular flexibility index (Phi) is 4.70. The van der Waals surface area contributed by atoms with Crippen molar-refractivity contribution in [2.24, 2.45) is 0 Å². The molecule has 1 rings (SSSR count). The first-order valence-electron chi connectivity index (χ1n) is 5.19. The summed E-state index contributed by atoms with van der Waals surface area (Å²) in [5.41, 5.74) is 5.16. The van der Waals surface area contributed by atoms with Gasteiger partial charge in [0.1, 0.15) is 0 Å². The highest BCUT2D eigenvalue weighted by Crippen LogP contribution is 2.19. The average Bonchev–Trinajstić information content (AvgIpc) is 2.17. The fourth-order valence-corrected chi connectivity index (χ4v) is 1.79. The molecule has 1 heteroatoms. The van der Waals surface area contributed by atoms with Gasteiger partial charge in [-0.05, 0) is 31.9 Å². The molecule has 0 aliphatic carbocycles. The molecule has 0 atom stereocenters. The highest BCUT2D eigenvalue weighted by atomic mass is 32.1. The number of aryl methyl sites for hydroxylation is 2. The Bertz CT molecular complexity index is 366. The molecule has 0 aliphatic heterocycles. The minimum atomic E-state index is 0.780. The topological polar surface area (TPSA) is 0 Å². The van der Waals surface area contributed by atoms with E-state index in [9.17, 15) is 0 Å². The monoisotopic (exact) mass is 218 g/mol. The van der Waals surface area contributed by atoms with Crippen LogP contribution in [0.1, 0.15) is 23.6 Å². The maximum absolute atomic E-state index is 4.17. The number of hydrogen-bond donors (Lipinski definition) is 1. The molecule has 0 aliphatic rings. The summed E-state index contributed by atoms with van der Waals surface area (Å²) in [7, 11) is 0. The zero-order valence-corrected chi connectivity index (χ0v) is 10.5. The molecule has 80 valence electrons. The maximum Gasteiger partial charge on any atom is 0.00858 e. The van der Waals surface area contributed by atoms with Crippen LogP contribution in [-0.2, 0) is 0 Å². The molecule has 0 aromatic heterocycles. The van der Waals surface area contributed by atoms with E-state index in [1.54, 1.807) is 0 Å². The van der Waals surface area contributed by atoms with E-state index in [4.69, 9.17) is 0 Å². The molecular weight excluding hydrogens is 200 g/mol. The van der Waals surface area contributed by atoms with Crippen LogP contribution in [0.25, 0.3) is 5.57 Å². The van der Waals surface area contributed by atoms with Crippen molar-refractivity contribution in [3.63, 3.8) is 0 Å². The van der Waals surface area contributed by atoms with E-state index in [2.05, 4.69) is 69.8 Å². The standard InChI is InChI=1S/C14H18S/c1-4-13(6-5-7-15)14-9-11(2)8-12(3)10-14/h4-6,8-10,15H,7H2,1-3H3/b6-5-,13-4+. The lowest BCUT2D eigenvalue weighted by Crippen LogP contribution is -1.85. The summed E-state index contributed by atoms with van der Waals surface area (Å²) in [6.07, 6.45) is 6.32. The van der Waals surface area contributed by atoms with Crippen molar-refractivity contribution in [2.75, 3.05) is 5.75 Å². The van der Waals surface area contributed by atoms with Crippen LogP contribution in [0.5, 0.6) is 0 Å². The number of hydrogen-bond acceptors (Lipinski definition) is 1. The van der Waals surface area contributed by atoms with E-state index < -0.39 is 0 Å². The average molecular weight is 218 g/mol. The lowest BCUT2D eigenvalue weighted by molar-refractivity contribution is 1.36. The van der Waals surface area contributed by atoms with E-state index in [0.717, 1.165) is 5.75 Å². The molecule has 0 nitrogen and oxygen atoms in total. The lowest BCUT2D eigenvalue weighted by Gasteiger charge is -2.05. The van der Waals surface area contributed by atoms with Crippen LogP contribution >= 0.6 is 12.6 Å². The normalized spacial score (nSPS) is 12.4. The first-order valence-corrected chi connectivity index (χ1v) is 5.83. The Labute approximate surface area is 98.1 Å². The van der Waals surface area contributed by atoms with E-state index in [1.807, 2.05) is 0 Å². The Morgan fingerprint density at radius 3 is 2.27 bits per heavy atom. The number of allylic oxidation sites excluding steroid dienone is 3. The van der Waals surface area contributed by atoms with Gasteiger partial charge in [0.2, 0.25) is 0 Å². The largest absolute Gasteiger partial charge is 0.175 e. The Morgan fingerprint density at radius 2 is 1.80 bits per heavy atom. The van der Waals surface area contributed by atoms with E-state index >= 15 is 0 Å². The fourth-order valence-electron chi connectivity index (χ4n) is 1.68. The summed E-state index contributed by atoms with van der Waals surface area (Å²) >= 11 is 4.17. The van der Waals surface area contributed by atoms with Crippen LogP contribution in [0.3, 0.4) is 0 Å². The Balaban J connectivity index is 3.08. The molecule has 0 heterocycles. The molecule has 0 amide bonds. The maximum atomic E-state index is 4.17. The van der Waals surface area contributed by atoms with Gasteiger partial charge in [-0.1, -0.05) is 47.6 Å². The summed E-state index contributed by atoms with van der Waals surface area (Å²) in [4.78, 5) is 0. The van der Waals surface area contributed by atoms with Crippen LogP contribution in [0.15, 0.2) is 36.4 Å². The summed E-state index contributed by atoms with van der Waals surface area (Å²) in [5, 5.41) is 0. The van der Waals surface area contributed by atoms with E-state index in [1.165, 1.54) is 22.3 Å². The van der Waals surface area contributed by atoms with E-state index in [0.29, 0.717) is 0 Å². The van der Waals surface area contributed by atoms with Gasteiger partial charge in [-0.3, -0.25) is 0 Å². The van der Waals surface area contributed by atoms with Crippen molar-refractivity contribution >= 4 is 18.2 Å². The van der Waals surface area contributed by atoms with Crippen molar-refractivity contribution < 1.29 is 0 Å². The van der Waals surface area contributed by atoms with E-state index in [-0.39, 0.29) is 0 Å². The van der Waals surface area contributed by atoms with Gasteiger partial charge in [0, 0.05) is 5.75 Å². The second-order valence-corrected chi connectivity index (χ2v) is 4.07. The van der Waals surface area contributed by atoms with Gasteiger partial charge in [-0.15, -0.1) is 0 Å². The minimum absolute atomic E-state index is 0.780. The number of benzene rings is 1. The zero-order chi connectivity index (χ0) is 11.3. The highest BCUT2D eigenvalue weighted by molar-refractivity contribution is 7.80. The Morgan fingerprint density at radius 1 is 1.20 bits per heavy atom. The molecule has 0 bridgehead atoms. The summed E-state index contributed by atoms with van der Waals surface area (Å²) < 4.78 is 0. The van der Waals surface area contributed by atoms with Crippen molar-refractivity contribution in [3.8, 4) is 0 Å².